The molecule has 4 rings (SSSR count). The third kappa shape index (κ3) is 3.66. The number of nitrogens with one attached hydrogen (secondary N) is 1. The second-order valence-electron chi connectivity index (χ2n) is 8.62. The number of aromatic amines is 1. The highest BCUT2D eigenvalue weighted by Crippen LogP contribution is 2.27. The lowest BCUT2D eigenvalue weighted by Gasteiger charge is -2.34. The fourth-order valence-corrected chi connectivity index (χ4v) is 4.45. The van der Waals surface area contributed by atoms with E-state index in [1.807, 2.05) is 36.1 Å². The van der Waals surface area contributed by atoms with Gasteiger partial charge in [0.05, 0.1) is 0 Å². The molecule has 6 heteroatoms. The molecule has 0 saturated carbocycles. The van der Waals surface area contributed by atoms with Gasteiger partial charge >= 0.3 is 0 Å². The van der Waals surface area contributed by atoms with Gasteiger partial charge in [-0.25, -0.2) is 0 Å². The van der Waals surface area contributed by atoms with Gasteiger partial charge in [-0.05, 0) is 48.9 Å². The Morgan fingerprint density at radius 2 is 1.53 bits per heavy atom. The van der Waals surface area contributed by atoms with Gasteiger partial charge in [0.1, 0.15) is 5.69 Å². The van der Waals surface area contributed by atoms with E-state index in [2.05, 4.69) is 18.8 Å². The van der Waals surface area contributed by atoms with E-state index < -0.39 is 0 Å². The van der Waals surface area contributed by atoms with Crippen LogP contribution < -0.4 is 0 Å². The van der Waals surface area contributed by atoms with Crippen molar-refractivity contribution in [1.82, 2.24) is 14.8 Å². The lowest BCUT2D eigenvalue weighted by Crippen LogP contribution is -2.50. The molecule has 1 aromatic heterocycles. The smallest absolute Gasteiger partial charge is 0.270 e. The van der Waals surface area contributed by atoms with Gasteiger partial charge in [-0.15, -0.1) is 0 Å². The number of Topliss-reactive ketones (excluding diaryl/α,β-unsaturated/α-hetero) is 1. The van der Waals surface area contributed by atoms with E-state index in [1.165, 1.54) is 5.56 Å². The Bertz CT molecular complexity index is 980. The normalized spacial score (nSPS) is 16.7. The molecule has 0 radical (unpaired) electrons. The van der Waals surface area contributed by atoms with Crippen LogP contribution >= 0.6 is 0 Å². The van der Waals surface area contributed by atoms with Crippen molar-refractivity contribution in [2.24, 2.45) is 0 Å². The fourth-order valence-electron chi connectivity index (χ4n) is 4.45. The number of rotatable bonds is 3. The van der Waals surface area contributed by atoms with E-state index in [1.54, 1.807) is 4.90 Å². The number of piperazine rings is 1. The van der Waals surface area contributed by atoms with Gasteiger partial charge in [0.15, 0.2) is 5.78 Å². The average Bonchev–Trinajstić information content (AvgIpc) is 3.10. The van der Waals surface area contributed by atoms with Crippen molar-refractivity contribution in [2.45, 2.75) is 46.0 Å². The molecule has 6 nitrogen and oxygen atoms in total. The molecule has 2 heterocycles. The molecule has 0 spiro atoms. The summed E-state index contributed by atoms with van der Waals surface area (Å²) in [6.07, 6.45) is 2.20. The quantitative estimate of drug-likeness (QED) is 0.845. The molecular formula is C24H29N3O3. The van der Waals surface area contributed by atoms with Gasteiger partial charge < -0.3 is 14.8 Å². The third-order valence-electron chi connectivity index (χ3n) is 6.33. The Hall–Kier alpha value is -2.89. The minimum Gasteiger partial charge on any atom is -0.354 e. The summed E-state index contributed by atoms with van der Waals surface area (Å²) in [5.41, 5.74) is 4.80. The first-order valence-electron chi connectivity index (χ1n) is 10.8. The van der Waals surface area contributed by atoms with Gasteiger partial charge in [-0.2, -0.15) is 0 Å². The van der Waals surface area contributed by atoms with Crippen molar-refractivity contribution in [3.8, 4) is 0 Å². The highest BCUT2D eigenvalue weighted by Gasteiger charge is 2.30. The molecule has 1 fully saturated rings. The second-order valence-corrected chi connectivity index (χ2v) is 8.62. The molecule has 1 aliphatic carbocycles. The number of carbonyl (C=O) groups is 3. The summed E-state index contributed by atoms with van der Waals surface area (Å²) in [5.74, 6) is 0.488. The number of amides is 2. The summed E-state index contributed by atoms with van der Waals surface area (Å²) in [5, 5.41) is 0. The maximum Gasteiger partial charge on any atom is 0.270 e. The molecule has 30 heavy (non-hydrogen) atoms. The molecule has 158 valence electrons. The van der Waals surface area contributed by atoms with Crippen LogP contribution in [0.15, 0.2) is 24.3 Å². The van der Waals surface area contributed by atoms with Crippen molar-refractivity contribution in [2.75, 3.05) is 26.2 Å². The molecule has 1 aromatic carbocycles. The first-order valence-corrected chi connectivity index (χ1v) is 10.8. The van der Waals surface area contributed by atoms with E-state index in [4.69, 9.17) is 0 Å². The Labute approximate surface area is 177 Å². The monoisotopic (exact) mass is 407 g/mol. The standard InChI is InChI=1S/C24H29N3O3/c1-15(2)17-7-9-18(10-8-17)23(29)26-11-13-27(14-12-26)24(30)22-16(3)21-19(25-22)5-4-6-20(21)28/h7-10,15,25H,4-6,11-14H2,1-3H3. The summed E-state index contributed by atoms with van der Waals surface area (Å²) < 4.78 is 0. The molecule has 2 aliphatic rings. The van der Waals surface area contributed by atoms with Crippen LogP contribution in [0.2, 0.25) is 0 Å². The first-order chi connectivity index (χ1) is 14.4. The number of aromatic nitrogens is 1. The Morgan fingerprint density at radius 3 is 2.10 bits per heavy atom. The third-order valence-corrected chi connectivity index (χ3v) is 6.33. The van der Waals surface area contributed by atoms with Gasteiger partial charge in [0.2, 0.25) is 0 Å². The number of aryl methyl sites for hydroxylation is 1. The van der Waals surface area contributed by atoms with E-state index in [0.29, 0.717) is 55.3 Å². The van der Waals surface area contributed by atoms with Crippen molar-refractivity contribution < 1.29 is 14.4 Å². The van der Waals surface area contributed by atoms with Gasteiger partial charge in [0, 0.05) is 49.4 Å². The van der Waals surface area contributed by atoms with Crippen molar-refractivity contribution in [1.29, 1.82) is 0 Å². The first kappa shape index (κ1) is 20.4. The molecule has 1 aliphatic heterocycles. The molecule has 0 bridgehead atoms. The minimum atomic E-state index is -0.0805. The molecule has 1 N–H and O–H groups in total. The topological polar surface area (TPSA) is 73.5 Å². The maximum absolute atomic E-state index is 13.1. The SMILES string of the molecule is Cc1c(C(=O)N2CCN(C(=O)c3ccc(C(C)C)cc3)CC2)[nH]c2c1C(=O)CCC2. The van der Waals surface area contributed by atoms with Gasteiger partial charge in [-0.3, -0.25) is 14.4 Å². The number of benzene rings is 1. The zero-order chi connectivity index (χ0) is 21.4. The lowest BCUT2D eigenvalue weighted by atomic mass is 9.93. The van der Waals surface area contributed by atoms with Crippen LogP contribution in [0, 0.1) is 6.92 Å². The number of hydrogen-bond donors (Lipinski definition) is 1. The fraction of sp³-hybridized carbons (Fsp3) is 0.458. The highest BCUT2D eigenvalue weighted by atomic mass is 16.2. The summed E-state index contributed by atoms with van der Waals surface area (Å²) in [6.45, 7) is 8.12. The largest absolute Gasteiger partial charge is 0.354 e. The van der Waals surface area contributed by atoms with E-state index in [9.17, 15) is 14.4 Å². The summed E-state index contributed by atoms with van der Waals surface area (Å²) in [7, 11) is 0. The van der Waals surface area contributed by atoms with Crippen LogP contribution in [0.5, 0.6) is 0 Å². The van der Waals surface area contributed by atoms with Crippen LogP contribution in [-0.2, 0) is 6.42 Å². The van der Waals surface area contributed by atoms with Gasteiger partial charge in [0.25, 0.3) is 11.8 Å². The Morgan fingerprint density at radius 1 is 0.933 bits per heavy atom. The van der Waals surface area contributed by atoms with Crippen LogP contribution in [-0.4, -0.2) is 58.6 Å². The Kier molecular flexibility index (Phi) is 5.50. The second kappa shape index (κ2) is 8.09. The number of ketones is 1. The molecule has 2 aromatic rings. The van der Waals surface area contributed by atoms with Crippen LogP contribution in [0.3, 0.4) is 0 Å². The summed E-state index contributed by atoms with van der Waals surface area (Å²) in [6, 6.07) is 7.79. The Balaban J connectivity index is 1.41. The summed E-state index contributed by atoms with van der Waals surface area (Å²) in [4.78, 5) is 44.9. The van der Waals surface area contributed by atoms with Crippen molar-refractivity contribution in [3.63, 3.8) is 0 Å². The van der Waals surface area contributed by atoms with E-state index >= 15 is 0 Å². The molecule has 1 saturated heterocycles. The number of fused-ring (bicyclic) bond motifs is 1. The van der Waals surface area contributed by atoms with Gasteiger partial charge in [-0.1, -0.05) is 26.0 Å². The number of hydrogen-bond acceptors (Lipinski definition) is 3. The van der Waals surface area contributed by atoms with E-state index in [-0.39, 0.29) is 17.6 Å². The predicted octanol–water partition coefficient (Wildman–Crippen LogP) is 3.56. The minimum absolute atomic E-state index is 0.00881. The molecule has 0 unspecified atom stereocenters. The van der Waals surface area contributed by atoms with Crippen LogP contribution in [0.25, 0.3) is 0 Å². The van der Waals surface area contributed by atoms with Crippen molar-refractivity contribution >= 4 is 17.6 Å². The van der Waals surface area contributed by atoms with Crippen molar-refractivity contribution in [3.05, 3.63) is 57.9 Å². The number of nitrogens with zero attached hydrogens (tertiary/aromatic N) is 2. The lowest BCUT2D eigenvalue weighted by molar-refractivity contribution is 0.0532. The predicted molar refractivity (Wildman–Crippen MR) is 115 cm³/mol. The van der Waals surface area contributed by atoms with E-state index in [0.717, 1.165) is 24.1 Å². The summed E-state index contributed by atoms with van der Waals surface area (Å²) >= 11 is 0. The maximum atomic E-state index is 13.1. The van der Waals surface area contributed by atoms with Crippen LogP contribution in [0.1, 0.15) is 80.6 Å². The molecule has 0 atom stereocenters. The number of H-pyrrole nitrogens is 1. The van der Waals surface area contributed by atoms with Crippen LogP contribution in [0.4, 0.5) is 0 Å². The molecular weight excluding hydrogens is 378 g/mol. The zero-order valence-corrected chi connectivity index (χ0v) is 18.0. The number of carbonyl (C=O) groups excluding carboxylic acids is 3. The highest BCUT2D eigenvalue weighted by molar-refractivity contribution is 6.04. The average molecular weight is 408 g/mol. The zero-order valence-electron chi connectivity index (χ0n) is 18.0. The molecule has 2 amide bonds.